The molecular weight excluding hydrogens is 776 g/mol. The van der Waals surface area contributed by atoms with Crippen LogP contribution in [-0.4, -0.2) is 162 Å². The molecule has 11 N–H and O–H groups in total. The lowest BCUT2D eigenvalue weighted by atomic mass is 9.33. The summed E-state index contributed by atoms with van der Waals surface area (Å²) in [6.07, 6.45) is -13.5. The van der Waals surface area contributed by atoms with Crippen LogP contribution in [0.15, 0.2) is 11.6 Å². The van der Waals surface area contributed by atoms with Crippen LogP contribution in [0.2, 0.25) is 0 Å². The minimum absolute atomic E-state index is 0.124. The van der Waals surface area contributed by atoms with Crippen LogP contribution in [0.3, 0.4) is 0 Å². The number of carbonyl (C=O) groups excluding carboxylic acids is 2. The number of hydrogen-bond donors (Lipinski definition) is 11. The number of carbonyl (C=O) groups is 2. The third kappa shape index (κ3) is 6.50. The van der Waals surface area contributed by atoms with Gasteiger partial charge in [-0.1, -0.05) is 39.3 Å². The molecule has 4 saturated carbocycles. The first-order valence-electron chi connectivity index (χ1n) is 21.2. The average Bonchev–Trinajstić information content (AvgIpc) is 3.19. The summed E-state index contributed by atoms with van der Waals surface area (Å²) in [7, 11) is 0. The molecule has 0 amide bonds. The van der Waals surface area contributed by atoms with Crippen molar-refractivity contribution in [3.05, 3.63) is 11.6 Å². The second-order valence-corrected chi connectivity index (χ2v) is 20.5. The lowest BCUT2D eigenvalue weighted by Crippen LogP contribution is -2.70. The summed E-state index contributed by atoms with van der Waals surface area (Å²) in [6, 6.07) is 0. The van der Waals surface area contributed by atoms with E-state index in [-0.39, 0.29) is 24.4 Å². The first kappa shape index (κ1) is 45.2. The Morgan fingerprint density at radius 1 is 0.678 bits per heavy atom. The van der Waals surface area contributed by atoms with Gasteiger partial charge in [-0.15, -0.1) is 0 Å². The van der Waals surface area contributed by atoms with Crippen molar-refractivity contribution < 1.29 is 84.7 Å². The van der Waals surface area contributed by atoms with Crippen LogP contribution in [0.25, 0.3) is 0 Å². The Balaban J connectivity index is 1.22. The van der Waals surface area contributed by atoms with Gasteiger partial charge in [-0.2, -0.15) is 0 Å². The molecule has 20 unspecified atom stereocenters. The molecule has 59 heavy (non-hydrogen) atoms. The number of hydrogen-bond acceptors (Lipinski definition) is 17. The van der Waals surface area contributed by atoms with Crippen LogP contribution < -0.4 is 0 Å². The fraction of sp³-hybridized carbons (Fsp3) is 0.905. The third-order valence-corrected chi connectivity index (χ3v) is 17.2. The lowest BCUT2D eigenvalue weighted by Gasteiger charge is -2.71. The number of esters is 2. The van der Waals surface area contributed by atoms with Crippen LogP contribution >= 0.6 is 0 Å². The molecule has 20 atom stereocenters. The van der Waals surface area contributed by atoms with E-state index < -0.39 is 138 Å². The van der Waals surface area contributed by atoms with Gasteiger partial charge >= 0.3 is 11.9 Å². The van der Waals surface area contributed by atoms with E-state index in [1.807, 2.05) is 6.92 Å². The fourth-order valence-corrected chi connectivity index (χ4v) is 13.6. The number of allylic oxidation sites excluding steroid dienone is 1. The number of aliphatic hydroxyl groups excluding tert-OH is 11. The highest BCUT2D eigenvalue weighted by Crippen LogP contribution is 2.76. The van der Waals surface area contributed by atoms with Gasteiger partial charge in [0.05, 0.1) is 42.9 Å². The Morgan fingerprint density at radius 2 is 1.22 bits per heavy atom. The van der Waals surface area contributed by atoms with E-state index in [0.717, 1.165) is 5.57 Å². The second kappa shape index (κ2) is 15.5. The highest BCUT2D eigenvalue weighted by Gasteiger charge is 2.73. The molecule has 5 aliphatic carbocycles. The van der Waals surface area contributed by atoms with Crippen molar-refractivity contribution in [2.75, 3.05) is 19.8 Å². The van der Waals surface area contributed by atoms with Crippen molar-refractivity contribution in [1.29, 1.82) is 0 Å². The first-order valence-corrected chi connectivity index (χ1v) is 21.2. The second-order valence-electron chi connectivity index (χ2n) is 20.5. The topological polar surface area (TPSA) is 294 Å². The monoisotopic (exact) mass is 842 g/mol. The molecule has 0 aromatic heterocycles. The Labute approximate surface area is 343 Å². The summed E-state index contributed by atoms with van der Waals surface area (Å²) >= 11 is 0. The van der Waals surface area contributed by atoms with Crippen LogP contribution in [0, 0.1) is 50.2 Å². The molecule has 0 spiro atoms. The minimum Gasteiger partial charge on any atom is -0.432 e. The van der Waals surface area contributed by atoms with E-state index in [9.17, 15) is 65.8 Å². The molecule has 2 aliphatic heterocycles. The number of ether oxygens (including phenoxy) is 4. The predicted molar refractivity (Wildman–Crippen MR) is 202 cm³/mol. The Kier molecular flexibility index (Phi) is 11.8. The van der Waals surface area contributed by atoms with Crippen LogP contribution in [-0.2, 0) is 28.5 Å². The van der Waals surface area contributed by atoms with E-state index in [2.05, 4.69) is 26.8 Å². The molecule has 17 heteroatoms. The normalized spacial score (nSPS) is 53.1. The van der Waals surface area contributed by atoms with Crippen molar-refractivity contribution in [1.82, 2.24) is 0 Å². The van der Waals surface area contributed by atoms with Crippen LogP contribution in [0.4, 0.5) is 0 Å². The summed E-state index contributed by atoms with van der Waals surface area (Å²) in [6.45, 7) is 8.25. The quantitative estimate of drug-likeness (QED) is 0.106. The molecule has 0 aromatic carbocycles. The van der Waals surface area contributed by atoms with Gasteiger partial charge in [0.15, 0.2) is 0 Å². The van der Waals surface area contributed by atoms with E-state index in [4.69, 9.17) is 18.9 Å². The number of rotatable bonds is 7. The number of fused-ring (bicyclic) bond motifs is 7. The lowest BCUT2D eigenvalue weighted by molar-refractivity contribution is -0.303. The van der Waals surface area contributed by atoms with E-state index >= 15 is 0 Å². The van der Waals surface area contributed by atoms with Gasteiger partial charge < -0.3 is 75.1 Å². The van der Waals surface area contributed by atoms with Gasteiger partial charge in [-0.25, -0.2) is 0 Å². The van der Waals surface area contributed by atoms with Gasteiger partial charge in [0.2, 0.25) is 12.6 Å². The van der Waals surface area contributed by atoms with Gasteiger partial charge in [0.25, 0.3) is 0 Å². The number of aliphatic hydroxyl groups is 11. The average molecular weight is 843 g/mol. The maximum absolute atomic E-state index is 14.6. The Hall–Kier alpha value is -1.84. The Morgan fingerprint density at radius 3 is 1.76 bits per heavy atom. The summed E-state index contributed by atoms with van der Waals surface area (Å²) in [5.74, 6) is -2.85. The zero-order chi connectivity index (χ0) is 43.4. The maximum Gasteiger partial charge on any atom is 0.317 e. The Bertz CT molecular complexity index is 1640. The van der Waals surface area contributed by atoms with Crippen LogP contribution in [0.5, 0.6) is 0 Å². The summed E-state index contributed by atoms with van der Waals surface area (Å²) in [5.41, 5.74) is -4.41. The molecule has 7 rings (SSSR count). The molecule has 17 nitrogen and oxygen atoms in total. The van der Waals surface area contributed by atoms with Crippen molar-refractivity contribution in [3.8, 4) is 0 Å². The maximum atomic E-state index is 14.6. The van der Waals surface area contributed by atoms with E-state index in [1.165, 1.54) is 6.92 Å². The highest BCUT2D eigenvalue weighted by molar-refractivity contribution is 5.79. The van der Waals surface area contributed by atoms with Crippen LogP contribution in [0.1, 0.15) is 92.4 Å². The van der Waals surface area contributed by atoms with Gasteiger partial charge in [0.1, 0.15) is 48.8 Å². The van der Waals surface area contributed by atoms with Crippen molar-refractivity contribution >= 4 is 11.9 Å². The third-order valence-electron chi connectivity index (χ3n) is 17.2. The fourth-order valence-electron chi connectivity index (χ4n) is 13.6. The summed E-state index contributed by atoms with van der Waals surface area (Å²) < 4.78 is 22.6. The van der Waals surface area contributed by atoms with Gasteiger partial charge in [-0.3, -0.25) is 9.59 Å². The molecule has 7 aliphatic rings. The predicted octanol–water partition coefficient (Wildman–Crippen LogP) is -1.24. The van der Waals surface area contributed by atoms with Crippen molar-refractivity contribution in [3.63, 3.8) is 0 Å². The summed E-state index contributed by atoms with van der Waals surface area (Å²) in [5, 5.41) is 117. The smallest absolute Gasteiger partial charge is 0.317 e. The largest absolute Gasteiger partial charge is 0.432 e. The van der Waals surface area contributed by atoms with Crippen molar-refractivity contribution in [2.45, 2.75) is 166 Å². The molecule has 2 heterocycles. The molecule has 6 fully saturated rings. The zero-order valence-corrected chi connectivity index (χ0v) is 34.6. The minimum atomic E-state index is -1.86. The van der Waals surface area contributed by atoms with Crippen molar-refractivity contribution in [2.24, 2.45) is 50.2 Å². The van der Waals surface area contributed by atoms with Gasteiger partial charge in [-0.05, 0) is 98.7 Å². The molecule has 0 aromatic rings. The zero-order valence-electron chi connectivity index (χ0n) is 34.6. The standard InChI is InChI=1S/C42H66O17/c1-37(2)10-11-41(36(55)59-34-31(52)29(50)27(48)23(17-44)57-34)12-13-42(18-45)19(20(41)14-37)6-7-24-38(3)15-21(46)32(53)40(5,25(38)8-9-39(24,42)4)35(54)58-33-30(51)28(49)26(47)22(16-43)56-33/h6,20-34,43-53H,7-18H2,1-5H3. The molecule has 2 saturated heterocycles. The van der Waals surface area contributed by atoms with E-state index in [1.54, 1.807) is 0 Å². The van der Waals surface area contributed by atoms with Gasteiger partial charge in [0, 0.05) is 5.41 Å². The SMILES string of the molecule is CC1(C)CCC2(C(=O)OC3OC(CO)C(O)C(O)C3O)CCC3(CO)C(=CCC4C5(C)CC(O)C(O)C(C)(C(=O)OC6OC(CO)C(O)C(O)C6O)C5CCC43C)C2C1. The highest BCUT2D eigenvalue weighted by atomic mass is 16.7. The molecule has 0 bridgehead atoms. The summed E-state index contributed by atoms with van der Waals surface area (Å²) in [4.78, 5) is 29.0. The first-order chi connectivity index (χ1) is 27.5. The molecular formula is C42H66O17. The molecule has 336 valence electrons. The molecule has 0 radical (unpaired) electrons. The van der Waals surface area contributed by atoms with E-state index in [0.29, 0.717) is 51.4 Å².